The molecule has 1 aromatic heterocycles. The summed E-state index contributed by atoms with van der Waals surface area (Å²) in [6, 6.07) is 15.0. The topological polar surface area (TPSA) is 74.8 Å². The van der Waals surface area contributed by atoms with Gasteiger partial charge in [0.15, 0.2) is 0 Å². The van der Waals surface area contributed by atoms with Gasteiger partial charge >= 0.3 is 6.09 Å². The SMILES string of the molecule is CC(C)(C)OC(=O)N1CCN(C(=O)c2cccc(Nc3ccccc3)n2)CC1. The van der Waals surface area contributed by atoms with E-state index in [4.69, 9.17) is 4.74 Å². The zero-order chi connectivity index (χ0) is 20.1. The minimum absolute atomic E-state index is 0.138. The maximum absolute atomic E-state index is 12.8. The average Bonchev–Trinajstić information content (AvgIpc) is 2.67. The standard InChI is InChI=1S/C21H26N4O3/c1-21(2,3)28-20(27)25-14-12-24(13-15-25)19(26)17-10-7-11-18(23-17)22-16-8-5-4-6-9-16/h4-11H,12-15H2,1-3H3,(H,22,23). The van der Waals surface area contributed by atoms with Crippen molar-refractivity contribution in [1.82, 2.24) is 14.8 Å². The number of nitrogens with zero attached hydrogens (tertiary/aromatic N) is 3. The second kappa shape index (κ2) is 8.29. The normalized spacial score (nSPS) is 14.5. The van der Waals surface area contributed by atoms with Crippen molar-refractivity contribution < 1.29 is 14.3 Å². The Morgan fingerprint density at radius 3 is 2.21 bits per heavy atom. The number of hydrogen-bond donors (Lipinski definition) is 1. The highest BCUT2D eigenvalue weighted by atomic mass is 16.6. The van der Waals surface area contributed by atoms with Crippen LogP contribution in [0.4, 0.5) is 16.3 Å². The quantitative estimate of drug-likeness (QED) is 0.879. The highest BCUT2D eigenvalue weighted by molar-refractivity contribution is 5.93. The number of piperazine rings is 1. The number of carbonyl (C=O) groups is 2. The highest BCUT2D eigenvalue weighted by Gasteiger charge is 2.28. The monoisotopic (exact) mass is 382 g/mol. The number of nitrogens with one attached hydrogen (secondary N) is 1. The number of ether oxygens (including phenoxy) is 1. The van der Waals surface area contributed by atoms with Gasteiger partial charge in [0.05, 0.1) is 0 Å². The first-order valence-electron chi connectivity index (χ1n) is 9.38. The van der Waals surface area contributed by atoms with E-state index in [0.717, 1.165) is 5.69 Å². The zero-order valence-electron chi connectivity index (χ0n) is 16.5. The van der Waals surface area contributed by atoms with E-state index in [1.54, 1.807) is 15.9 Å². The van der Waals surface area contributed by atoms with E-state index in [2.05, 4.69) is 10.3 Å². The minimum Gasteiger partial charge on any atom is -0.444 e. The molecule has 2 amide bonds. The Morgan fingerprint density at radius 2 is 1.57 bits per heavy atom. The van der Waals surface area contributed by atoms with Gasteiger partial charge in [-0.05, 0) is 45.0 Å². The maximum atomic E-state index is 12.8. The summed E-state index contributed by atoms with van der Waals surface area (Å²) in [5, 5.41) is 3.19. The molecule has 1 fully saturated rings. The van der Waals surface area contributed by atoms with E-state index in [1.165, 1.54) is 0 Å². The van der Waals surface area contributed by atoms with Gasteiger partial charge in [0, 0.05) is 31.9 Å². The van der Waals surface area contributed by atoms with Crippen LogP contribution in [0.1, 0.15) is 31.3 Å². The Labute approximate surface area is 165 Å². The van der Waals surface area contributed by atoms with Gasteiger partial charge in [-0.1, -0.05) is 24.3 Å². The van der Waals surface area contributed by atoms with E-state index in [-0.39, 0.29) is 12.0 Å². The van der Waals surface area contributed by atoms with Gasteiger partial charge in [-0.15, -0.1) is 0 Å². The van der Waals surface area contributed by atoms with Crippen LogP contribution in [0.5, 0.6) is 0 Å². The number of aromatic nitrogens is 1. The summed E-state index contributed by atoms with van der Waals surface area (Å²) in [6.07, 6.45) is -0.341. The number of pyridine rings is 1. The fourth-order valence-electron chi connectivity index (χ4n) is 2.87. The van der Waals surface area contributed by atoms with Crippen molar-refractivity contribution in [1.29, 1.82) is 0 Å². The molecule has 7 nitrogen and oxygen atoms in total. The van der Waals surface area contributed by atoms with Crippen molar-refractivity contribution in [3.63, 3.8) is 0 Å². The lowest BCUT2D eigenvalue weighted by Crippen LogP contribution is -2.51. The first kappa shape index (κ1) is 19.7. The predicted molar refractivity (Wildman–Crippen MR) is 108 cm³/mol. The molecular weight excluding hydrogens is 356 g/mol. The Bertz CT molecular complexity index is 825. The molecule has 3 rings (SSSR count). The van der Waals surface area contributed by atoms with Crippen LogP contribution in [-0.2, 0) is 4.74 Å². The summed E-state index contributed by atoms with van der Waals surface area (Å²) in [6.45, 7) is 7.32. The molecule has 0 saturated carbocycles. The van der Waals surface area contributed by atoms with E-state index in [9.17, 15) is 9.59 Å². The number of carbonyl (C=O) groups excluding carboxylic acids is 2. The van der Waals surface area contributed by atoms with Crippen LogP contribution >= 0.6 is 0 Å². The number of anilines is 2. The second-order valence-electron chi connectivity index (χ2n) is 7.66. The summed E-state index contributed by atoms with van der Waals surface area (Å²) in [5.74, 6) is 0.477. The molecule has 0 unspecified atom stereocenters. The van der Waals surface area contributed by atoms with Crippen molar-refractivity contribution in [2.45, 2.75) is 26.4 Å². The van der Waals surface area contributed by atoms with Crippen LogP contribution in [0.25, 0.3) is 0 Å². The third-order valence-electron chi connectivity index (χ3n) is 4.23. The fourth-order valence-corrected chi connectivity index (χ4v) is 2.87. The molecule has 7 heteroatoms. The molecule has 0 aliphatic carbocycles. The molecule has 0 bridgehead atoms. The van der Waals surface area contributed by atoms with Gasteiger partial charge < -0.3 is 19.9 Å². The molecule has 0 radical (unpaired) electrons. The molecule has 1 N–H and O–H groups in total. The molecule has 1 aliphatic heterocycles. The van der Waals surface area contributed by atoms with Gasteiger partial charge in [-0.2, -0.15) is 0 Å². The lowest BCUT2D eigenvalue weighted by Gasteiger charge is -2.35. The molecule has 28 heavy (non-hydrogen) atoms. The van der Waals surface area contributed by atoms with E-state index < -0.39 is 5.60 Å². The summed E-state index contributed by atoms with van der Waals surface area (Å²) in [7, 11) is 0. The van der Waals surface area contributed by atoms with Crippen molar-refractivity contribution in [2.24, 2.45) is 0 Å². The average molecular weight is 382 g/mol. The molecular formula is C21H26N4O3. The Kier molecular flexibility index (Phi) is 5.82. The zero-order valence-corrected chi connectivity index (χ0v) is 16.5. The smallest absolute Gasteiger partial charge is 0.410 e. The fraction of sp³-hybridized carbons (Fsp3) is 0.381. The van der Waals surface area contributed by atoms with Gasteiger partial charge in [0.2, 0.25) is 0 Å². The largest absolute Gasteiger partial charge is 0.444 e. The lowest BCUT2D eigenvalue weighted by molar-refractivity contribution is 0.0140. The van der Waals surface area contributed by atoms with Crippen LogP contribution in [0, 0.1) is 0 Å². The van der Waals surface area contributed by atoms with Gasteiger partial charge in [-0.3, -0.25) is 4.79 Å². The molecule has 1 aromatic carbocycles. The van der Waals surface area contributed by atoms with Crippen molar-refractivity contribution in [3.05, 3.63) is 54.2 Å². The molecule has 0 atom stereocenters. The number of rotatable bonds is 3. The molecule has 148 valence electrons. The van der Waals surface area contributed by atoms with Crippen LogP contribution in [0.15, 0.2) is 48.5 Å². The molecule has 1 aliphatic rings. The molecule has 2 heterocycles. The Balaban J connectivity index is 1.59. The second-order valence-corrected chi connectivity index (χ2v) is 7.66. The number of amides is 2. The van der Waals surface area contributed by atoms with E-state index >= 15 is 0 Å². The van der Waals surface area contributed by atoms with E-state index in [0.29, 0.717) is 37.7 Å². The summed E-state index contributed by atoms with van der Waals surface area (Å²) in [4.78, 5) is 32.8. The Morgan fingerprint density at radius 1 is 0.929 bits per heavy atom. The number of hydrogen-bond acceptors (Lipinski definition) is 5. The number of benzene rings is 1. The Hall–Kier alpha value is -3.09. The predicted octanol–water partition coefficient (Wildman–Crippen LogP) is 3.52. The van der Waals surface area contributed by atoms with Gasteiger partial charge in [0.1, 0.15) is 17.1 Å². The molecule has 1 saturated heterocycles. The van der Waals surface area contributed by atoms with Crippen LogP contribution < -0.4 is 5.32 Å². The summed E-state index contributed by atoms with van der Waals surface area (Å²) < 4.78 is 5.39. The molecule has 2 aromatic rings. The maximum Gasteiger partial charge on any atom is 0.410 e. The third-order valence-corrected chi connectivity index (χ3v) is 4.23. The van der Waals surface area contributed by atoms with E-state index in [1.807, 2.05) is 63.2 Å². The van der Waals surface area contributed by atoms with Gasteiger partial charge in [-0.25, -0.2) is 9.78 Å². The summed E-state index contributed by atoms with van der Waals surface area (Å²) in [5.41, 5.74) is 0.761. The molecule has 0 spiro atoms. The van der Waals surface area contributed by atoms with Crippen LogP contribution in [0.3, 0.4) is 0 Å². The van der Waals surface area contributed by atoms with Crippen LogP contribution in [0.2, 0.25) is 0 Å². The number of para-hydroxylation sites is 1. The van der Waals surface area contributed by atoms with Crippen LogP contribution in [-0.4, -0.2) is 58.6 Å². The van der Waals surface area contributed by atoms with Gasteiger partial charge in [0.25, 0.3) is 5.91 Å². The minimum atomic E-state index is -0.528. The van der Waals surface area contributed by atoms with Crippen molar-refractivity contribution >= 4 is 23.5 Å². The van der Waals surface area contributed by atoms with Crippen molar-refractivity contribution in [2.75, 3.05) is 31.5 Å². The first-order chi connectivity index (χ1) is 13.3. The summed E-state index contributed by atoms with van der Waals surface area (Å²) >= 11 is 0. The highest BCUT2D eigenvalue weighted by Crippen LogP contribution is 2.16. The third kappa shape index (κ3) is 5.22. The van der Waals surface area contributed by atoms with Crippen molar-refractivity contribution in [3.8, 4) is 0 Å². The first-order valence-corrected chi connectivity index (χ1v) is 9.38. The lowest BCUT2D eigenvalue weighted by atomic mass is 10.2.